The first-order chi connectivity index (χ1) is 14.7. The van der Waals surface area contributed by atoms with Crippen LogP contribution in [0.1, 0.15) is 43.0 Å². The number of halogens is 1. The fraction of sp³-hybridized carbons (Fsp3) is 0.458. The van der Waals surface area contributed by atoms with Gasteiger partial charge in [-0.25, -0.2) is 0 Å². The number of aliphatic hydroxyl groups excluding tert-OH is 1. The van der Waals surface area contributed by atoms with E-state index in [1.54, 1.807) is 7.11 Å². The summed E-state index contributed by atoms with van der Waals surface area (Å²) in [6, 6.07) is 18.4. The zero-order valence-corrected chi connectivity index (χ0v) is 20.8. The summed E-state index contributed by atoms with van der Waals surface area (Å²) in [7, 11) is 1.63. The van der Waals surface area contributed by atoms with Crippen molar-refractivity contribution in [1.82, 2.24) is 15.5 Å². The van der Waals surface area contributed by atoms with Gasteiger partial charge in [-0.05, 0) is 56.1 Å². The summed E-state index contributed by atoms with van der Waals surface area (Å²) in [5.74, 6) is 1.46. The molecule has 2 unspecified atom stereocenters. The Bertz CT molecular complexity index is 797. The molecule has 0 aliphatic carbocycles. The molecule has 2 atom stereocenters. The summed E-state index contributed by atoms with van der Waals surface area (Å²) < 4.78 is 5.25. The molecular weight excluding hydrogens is 503 g/mol. The Balaban J connectivity index is 0.00000341. The summed E-state index contributed by atoms with van der Waals surface area (Å²) in [5.41, 5.74) is 2.12. The molecule has 6 nitrogen and oxygen atoms in total. The number of rotatable bonds is 9. The second-order valence-electron chi connectivity index (χ2n) is 7.56. The van der Waals surface area contributed by atoms with Crippen molar-refractivity contribution in [2.75, 3.05) is 39.8 Å². The van der Waals surface area contributed by atoms with Crippen LogP contribution in [0.15, 0.2) is 59.6 Å². The van der Waals surface area contributed by atoms with Crippen molar-refractivity contribution in [3.8, 4) is 5.75 Å². The number of hydrogen-bond acceptors (Lipinski definition) is 4. The number of methoxy groups -OCH3 is 1. The van der Waals surface area contributed by atoms with Gasteiger partial charge in [-0.2, -0.15) is 0 Å². The molecule has 2 aromatic rings. The third-order valence-electron chi connectivity index (χ3n) is 5.47. The van der Waals surface area contributed by atoms with Gasteiger partial charge in [0, 0.05) is 13.1 Å². The van der Waals surface area contributed by atoms with E-state index in [1.165, 1.54) is 18.4 Å². The molecule has 0 amide bonds. The van der Waals surface area contributed by atoms with Gasteiger partial charge in [-0.3, -0.25) is 9.89 Å². The van der Waals surface area contributed by atoms with Gasteiger partial charge in [0.25, 0.3) is 0 Å². The largest absolute Gasteiger partial charge is 0.497 e. The second kappa shape index (κ2) is 13.5. The van der Waals surface area contributed by atoms with Gasteiger partial charge in [0.2, 0.25) is 0 Å². The highest BCUT2D eigenvalue weighted by Gasteiger charge is 2.23. The third-order valence-corrected chi connectivity index (χ3v) is 5.47. The first kappa shape index (κ1) is 25.4. The molecule has 1 fully saturated rings. The molecule has 31 heavy (non-hydrogen) atoms. The molecule has 3 rings (SSSR count). The van der Waals surface area contributed by atoms with Crippen molar-refractivity contribution < 1.29 is 9.84 Å². The minimum Gasteiger partial charge on any atom is -0.497 e. The maximum Gasteiger partial charge on any atom is 0.191 e. The minimum atomic E-state index is -0.646. The monoisotopic (exact) mass is 538 g/mol. The molecule has 3 N–H and O–H groups in total. The van der Waals surface area contributed by atoms with Crippen molar-refractivity contribution in [3.63, 3.8) is 0 Å². The van der Waals surface area contributed by atoms with Crippen molar-refractivity contribution in [3.05, 3.63) is 65.7 Å². The van der Waals surface area contributed by atoms with Crippen LogP contribution in [0.25, 0.3) is 0 Å². The summed E-state index contributed by atoms with van der Waals surface area (Å²) in [5, 5.41) is 17.2. The zero-order chi connectivity index (χ0) is 21.2. The average molecular weight is 538 g/mol. The first-order valence-electron chi connectivity index (χ1n) is 10.8. The van der Waals surface area contributed by atoms with Crippen molar-refractivity contribution >= 4 is 29.9 Å². The van der Waals surface area contributed by atoms with E-state index in [2.05, 4.69) is 45.9 Å². The topological polar surface area (TPSA) is 69.1 Å². The quantitative estimate of drug-likeness (QED) is 0.258. The van der Waals surface area contributed by atoms with Crippen LogP contribution in [0, 0.1) is 0 Å². The van der Waals surface area contributed by atoms with Crippen molar-refractivity contribution in [2.24, 2.45) is 4.99 Å². The fourth-order valence-corrected chi connectivity index (χ4v) is 3.84. The van der Waals surface area contributed by atoms with Gasteiger partial charge < -0.3 is 20.5 Å². The van der Waals surface area contributed by atoms with Crippen LogP contribution in [-0.2, 0) is 0 Å². The lowest BCUT2D eigenvalue weighted by Gasteiger charge is -2.27. The normalized spacial score (nSPS) is 16.3. The Kier molecular flexibility index (Phi) is 11.1. The molecule has 0 aromatic heterocycles. The van der Waals surface area contributed by atoms with E-state index in [1.807, 2.05) is 31.2 Å². The third kappa shape index (κ3) is 7.66. The van der Waals surface area contributed by atoms with E-state index in [9.17, 15) is 5.11 Å². The van der Waals surface area contributed by atoms with Gasteiger partial charge in [-0.15, -0.1) is 24.0 Å². The predicted molar refractivity (Wildman–Crippen MR) is 137 cm³/mol. The standard InChI is InChI=1S/C24H34N4O2.HI/c1-3-25-24(27-18-23(29)20-12-9-13-21(16-20)30-2)26-17-22(28-14-7-8-15-28)19-10-5-4-6-11-19;/h4-6,9-13,16,22-23,29H,3,7-8,14-15,17-18H2,1-2H3,(H2,25,26,27);1H. The van der Waals surface area contributed by atoms with Gasteiger partial charge in [0.05, 0.1) is 25.8 Å². The molecule has 2 aromatic carbocycles. The summed E-state index contributed by atoms with van der Waals surface area (Å²) in [4.78, 5) is 7.37. The Labute approximate surface area is 203 Å². The number of guanidine groups is 1. The van der Waals surface area contributed by atoms with E-state index in [0.717, 1.165) is 36.9 Å². The highest BCUT2D eigenvalue weighted by molar-refractivity contribution is 14.0. The number of likely N-dealkylation sites (tertiary alicyclic amines) is 1. The predicted octanol–water partition coefficient (Wildman–Crippen LogP) is 3.74. The van der Waals surface area contributed by atoms with Gasteiger partial charge in [0.15, 0.2) is 5.96 Å². The lowest BCUT2D eigenvalue weighted by molar-refractivity contribution is 0.180. The Hall–Kier alpha value is -1.84. The van der Waals surface area contributed by atoms with Gasteiger partial charge in [0.1, 0.15) is 5.75 Å². The molecular formula is C24H35IN4O2. The molecule has 170 valence electrons. The number of ether oxygens (including phenoxy) is 1. The molecule has 0 bridgehead atoms. The minimum absolute atomic E-state index is 0. The van der Waals surface area contributed by atoms with Crippen molar-refractivity contribution in [2.45, 2.75) is 31.9 Å². The second-order valence-corrected chi connectivity index (χ2v) is 7.56. The van der Waals surface area contributed by atoms with Gasteiger partial charge in [-0.1, -0.05) is 42.5 Å². The van der Waals surface area contributed by atoms with E-state index < -0.39 is 6.10 Å². The molecule has 0 spiro atoms. The molecule has 0 saturated carbocycles. The zero-order valence-electron chi connectivity index (χ0n) is 18.5. The fourth-order valence-electron chi connectivity index (χ4n) is 3.84. The highest BCUT2D eigenvalue weighted by atomic mass is 127. The summed E-state index contributed by atoms with van der Waals surface area (Å²) >= 11 is 0. The van der Waals surface area contributed by atoms with Gasteiger partial charge >= 0.3 is 0 Å². The molecule has 1 aliphatic heterocycles. The first-order valence-corrected chi connectivity index (χ1v) is 10.8. The number of aliphatic hydroxyl groups is 1. The molecule has 1 aliphatic rings. The highest BCUT2D eigenvalue weighted by Crippen LogP contribution is 2.25. The average Bonchev–Trinajstić information content (AvgIpc) is 3.32. The van der Waals surface area contributed by atoms with E-state index >= 15 is 0 Å². The maximum absolute atomic E-state index is 10.6. The number of hydrogen-bond donors (Lipinski definition) is 3. The molecule has 1 saturated heterocycles. The summed E-state index contributed by atoms with van der Waals surface area (Å²) in [6.45, 7) is 6.10. The van der Waals surface area contributed by atoms with Crippen LogP contribution >= 0.6 is 24.0 Å². The SMILES string of the molecule is CCNC(=NCC(c1ccccc1)N1CCCC1)NCC(O)c1cccc(OC)c1.I. The van der Waals surface area contributed by atoms with Crippen LogP contribution in [0.3, 0.4) is 0 Å². The van der Waals surface area contributed by atoms with Crippen LogP contribution in [0.5, 0.6) is 5.75 Å². The van der Waals surface area contributed by atoms with E-state index in [-0.39, 0.29) is 30.0 Å². The number of benzene rings is 2. The van der Waals surface area contributed by atoms with Crippen LogP contribution in [0.4, 0.5) is 0 Å². The van der Waals surface area contributed by atoms with Crippen LogP contribution in [-0.4, -0.2) is 55.8 Å². The lowest BCUT2D eigenvalue weighted by atomic mass is 10.1. The lowest BCUT2D eigenvalue weighted by Crippen LogP contribution is -2.40. The molecule has 1 heterocycles. The van der Waals surface area contributed by atoms with Crippen LogP contribution in [0.2, 0.25) is 0 Å². The Morgan fingerprint density at radius 1 is 1.06 bits per heavy atom. The smallest absolute Gasteiger partial charge is 0.191 e. The Morgan fingerprint density at radius 3 is 2.45 bits per heavy atom. The number of aliphatic imine (C=N–C) groups is 1. The van der Waals surface area contributed by atoms with Crippen molar-refractivity contribution in [1.29, 1.82) is 0 Å². The molecule has 0 radical (unpaired) electrons. The van der Waals surface area contributed by atoms with Crippen LogP contribution < -0.4 is 15.4 Å². The Morgan fingerprint density at radius 2 is 1.77 bits per heavy atom. The van der Waals surface area contributed by atoms with E-state index in [4.69, 9.17) is 9.73 Å². The summed E-state index contributed by atoms with van der Waals surface area (Å²) in [6.07, 6.45) is 1.85. The maximum atomic E-state index is 10.6. The van der Waals surface area contributed by atoms with E-state index in [0.29, 0.717) is 13.1 Å². The number of nitrogens with zero attached hydrogens (tertiary/aromatic N) is 2. The number of nitrogens with one attached hydrogen (secondary N) is 2. The molecule has 7 heteroatoms.